The molecule has 4 rings (SSSR count). The zero-order valence-corrected chi connectivity index (χ0v) is 23.3. The van der Waals surface area contributed by atoms with E-state index in [4.69, 9.17) is 20.2 Å². The molecule has 0 saturated carbocycles. The molecule has 12 heteroatoms. The minimum absolute atomic E-state index is 0.0964. The lowest BCUT2D eigenvalue weighted by Gasteiger charge is -2.30. The molecule has 2 amide bonds. The van der Waals surface area contributed by atoms with Crippen LogP contribution in [0, 0.1) is 5.41 Å². The number of nitrogens with one attached hydrogen (secondary N) is 1. The number of nitrogen functional groups attached to an aromatic ring is 1. The number of aliphatic hydroxyl groups excluding tert-OH is 2. The van der Waals surface area contributed by atoms with E-state index < -0.39 is 11.5 Å². The minimum Gasteiger partial charge on any atom is -0.445 e. The molecular formula is C28H38N6O6. The maximum atomic E-state index is 13.0. The molecule has 5 N–H and O–H groups in total. The molecule has 12 nitrogen and oxygen atoms in total. The summed E-state index contributed by atoms with van der Waals surface area (Å²) in [7, 11) is 0. The number of carbonyl (C=O) groups excluding carboxylic acids is 2. The fourth-order valence-corrected chi connectivity index (χ4v) is 4.74. The minimum atomic E-state index is -0.788. The Labute approximate surface area is 233 Å². The number of hydrogen-bond donors (Lipinski definition) is 4. The van der Waals surface area contributed by atoms with E-state index in [9.17, 15) is 19.8 Å². The van der Waals surface area contributed by atoms with Gasteiger partial charge in [0.15, 0.2) is 5.82 Å². The van der Waals surface area contributed by atoms with Crippen molar-refractivity contribution >= 4 is 28.9 Å². The van der Waals surface area contributed by atoms with Gasteiger partial charge in [-0.2, -0.15) is 0 Å². The van der Waals surface area contributed by atoms with Gasteiger partial charge in [-0.25, -0.2) is 14.8 Å². The second-order valence-electron chi connectivity index (χ2n) is 10.5. The lowest BCUT2D eigenvalue weighted by molar-refractivity contribution is -0.119. The van der Waals surface area contributed by atoms with Gasteiger partial charge in [0.05, 0.1) is 31.0 Å². The Kier molecular flexibility index (Phi) is 9.23. The van der Waals surface area contributed by atoms with Gasteiger partial charge in [-0.05, 0) is 24.5 Å². The van der Waals surface area contributed by atoms with Gasteiger partial charge in [-0.1, -0.05) is 31.2 Å². The lowest BCUT2D eigenvalue weighted by atomic mass is 9.92. The maximum Gasteiger partial charge on any atom is 0.410 e. The van der Waals surface area contributed by atoms with Crippen molar-refractivity contribution in [3.8, 4) is 0 Å². The third-order valence-electron chi connectivity index (χ3n) is 7.04. The molecule has 40 heavy (non-hydrogen) atoms. The molecule has 1 aliphatic heterocycles. The van der Waals surface area contributed by atoms with Crippen LogP contribution in [0.25, 0.3) is 11.0 Å². The molecule has 0 saturated heterocycles. The van der Waals surface area contributed by atoms with E-state index in [2.05, 4.69) is 10.3 Å². The maximum absolute atomic E-state index is 13.0. The average molecular weight is 555 g/mol. The van der Waals surface area contributed by atoms with Crippen LogP contribution in [0.4, 0.5) is 10.6 Å². The number of anilines is 1. The van der Waals surface area contributed by atoms with E-state index in [-0.39, 0.29) is 44.7 Å². The van der Waals surface area contributed by atoms with Gasteiger partial charge in [0.25, 0.3) is 0 Å². The van der Waals surface area contributed by atoms with Crippen LogP contribution in [-0.4, -0.2) is 68.0 Å². The summed E-state index contributed by atoms with van der Waals surface area (Å²) < 4.78 is 13.2. The number of rotatable bonds is 11. The van der Waals surface area contributed by atoms with E-state index in [1.165, 1.54) is 6.92 Å². The van der Waals surface area contributed by atoms with Crippen molar-refractivity contribution in [1.82, 2.24) is 24.8 Å². The summed E-state index contributed by atoms with van der Waals surface area (Å²) in [6, 6.07) is 7.51. The first-order valence-corrected chi connectivity index (χ1v) is 13.4. The smallest absolute Gasteiger partial charge is 0.410 e. The van der Waals surface area contributed by atoms with Gasteiger partial charge < -0.3 is 40.2 Å². The molecule has 0 atom stereocenters. The summed E-state index contributed by atoms with van der Waals surface area (Å²) in [6.07, 6.45) is 0.0480. The van der Waals surface area contributed by atoms with Gasteiger partial charge in [0, 0.05) is 44.1 Å². The second-order valence-corrected chi connectivity index (χ2v) is 10.5. The first-order chi connectivity index (χ1) is 19.2. The summed E-state index contributed by atoms with van der Waals surface area (Å²) >= 11 is 0. The van der Waals surface area contributed by atoms with Crippen molar-refractivity contribution in [2.75, 3.05) is 32.1 Å². The molecule has 0 bridgehead atoms. The van der Waals surface area contributed by atoms with Crippen LogP contribution in [0.1, 0.15) is 49.0 Å². The zero-order valence-electron chi connectivity index (χ0n) is 23.3. The number of ether oxygens (including phenoxy) is 2. The van der Waals surface area contributed by atoms with Crippen molar-refractivity contribution in [2.24, 2.45) is 5.41 Å². The Morgan fingerprint density at radius 3 is 2.62 bits per heavy atom. The van der Waals surface area contributed by atoms with Crippen molar-refractivity contribution in [2.45, 2.75) is 60.0 Å². The van der Waals surface area contributed by atoms with Crippen LogP contribution in [-0.2, 0) is 53.5 Å². The highest BCUT2D eigenvalue weighted by molar-refractivity contribution is 5.89. The van der Waals surface area contributed by atoms with Crippen molar-refractivity contribution in [3.05, 3.63) is 52.5 Å². The quantitative estimate of drug-likeness (QED) is 0.277. The fourth-order valence-electron chi connectivity index (χ4n) is 4.74. The predicted molar refractivity (Wildman–Crippen MR) is 148 cm³/mol. The number of nitrogens with zero attached hydrogens (tertiary/aromatic N) is 4. The fraction of sp³-hybridized carbons (Fsp3) is 0.500. The summed E-state index contributed by atoms with van der Waals surface area (Å²) in [5.41, 5.74) is 10.2. The number of nitrogens with two attached hydrogens (primary N) is 1. The van der Waals surface area contributed by atoms with Crippen molar-refractivity contribution in [1.29, 1.82) is 0 Å². The monoisotopic (exact) mass is 554 g/mol. The van der Waals surface area contributed by atoms with Crippen molar-refractivity contribution < 1.29 is 29.3 Å². The number of imidazole rings is 1. The van der Waals surface area contributed by atoms with Crippen LogP contribution in [0.15, 0.2) is 24.3 Å². The molecule has 1 aliphatic rings. The Balaban J connectivity index is 1.55. The van der Waals surface area contributed by atoms with Crippen LogP contribution in [0.5, 0.6) is 0 Å². The number of hydrogen-bond acceptors (Lipinski definition) is 9. The van der Waals surface area contributed by atoms with E-state index >= 15 is 0 Å². The molecule has 0 unspecified atom stereocenters. The third kappa shape index (κ3) is 6.52. The van der Waals surface area contributed by atoms with E-state index in [0.717, 1.165) is 22.2 Å². The summed E-state index contributed by atoms with van der Waals surface area (Å²) in [4.78, 5) is 35.1. The van der Waals surface area contributed by atoms with Gasteiger partial charge >= 0.3 is 6.09 Å². The third-order valence-corrected chi connectivity index (χ3v) is 7.04. The van der Waals surface area contributed by atoms with E-state index in [1.807, 2.05) is 35.8 Å². The molecule has 216 valence electrons. The first-order valence-electron chi connectivity index (χ1n) is 13.4. The van der Waals surface area contributed by atoms with Crippen LogP contribution < -0.4 is 11.1 Å². The average Bonchev–Trinajstić information content (AvgIpc) is 3.31. The molecule has 0 spiro atoms. The second kappa shape index (κ2) is 12.6. The molecule has 3 heterocycles. The summed E-state index contributed by atoms with van der Waals surface area (Å²) in [6.45, 7) is 6.93. The molecule has 3 aromatic rings. The number of amides is 2. The SMILES string of the molecule is CCOCc1nc2c(N)nc3c(c2n1CC(C)(CO)CO)CCN(C(=O)OCc1cccc(CNC(C)=O)c1)C3. The number of pyridine rings is 1. The summed E-state index contributed by atoms with van der Waals surface area (Å²) in [5.74, 6) is 0.763. The molecule has 2 aromatic heterocycles. The normalized spacial score (nSPS) is 13.4. The Bertz CT molecular complexity index is 1370. The topological polar surface area (TPSA) is 165 Å². The van der Waals surface area contributed by atoms with Crippen LogP contribution in [0.2, 0.25) is 0 Å². The first kappa shape index (κ1) is 29.2. The van der Waals surface area contributed by atoms with Crippen molar-refractivity contribution in [3.63, 3.8) is 0 Å². The lowest BCUT2D eigenvalue weighted by Crippen LogP contribution is -2.37. The standard InChI is InChI=1S/C28H38N6O6/c1-4-39-14-23-32-24-25(34(23)15-28(3,16-35)17-36)21-8-9-33(12-22(21)31-26(24)29)27(38)40-13-20-7-5-6-19(10-20)11-30-18(2)37/h5-7,10,35-36H,4,8-9,11-17H2,1-3H3,(H2,29,31)(H,30,37). The van der Waals surface area contributed by atoms with Crippen LogP contribution >= 0.6 is 0 Å². The Morgan fingerprint density at radius 2 is 1.93 bits per heavy atom. The van der Waals surface area contributed by atoms with Gasteiger partial charge in [0.1, 0.15) is 24.6 Å². The molecule has 0 fully saturated rings. The largest absolute Gasteiger partial charge is 0.445 e. The summed E-state index contributed by atoms with van der Waals surface area (Å²) in [5, 5.41) is 22.7. The Morgan fingerprint density at radius 1 is 1.18 bits per heavy atom. The number of benzene rings is 1. The molecule has 0 radical (unpaired) electrons. The predicted octanol–water partition coefficient (Wildman–Crippen LogP) is 1.87. The highest BCUT2D eigenvalue weighted by atomic mass is 16.6. The highest BCUT2D eigenvalue weighted by Gasteiger charge is 2.31. The van der Waals surface area contributed by atoms with Gasteiger partial charge in [-0.15, -0.1) is 0 Å². The molecule has 1 aromatic carbocycles. The van der Waals surface area contributed by atoms with E-state index in [0.29, 0.717) is 49.7 Å². The van der Waals surface area contributed by atoms with E-state index in [1.54, 1.807) is 11.8 Å². The Hall–Kier alpha value is -3.74. The highest BCUT2D eigenvalue weighted by Crippen LogP contribution is 2.33. The zero-order chi connectivity index (χ0) is 28.9. The molecular weight excluding hydrogens is 516 g/mol. The van der Waals surface area contributed by atoms with Gasteiger partial charge in [0.2, 0.25) is 5.91 Å². The van der Waals surface area contributed by atoms with Gasteiger partial charge in [-0.3, -0.25) is 4.79 Å². The van der Waals surface area contributed by atoms with Crippen LogP contribution in [0.3, 0.4) is 0 Å². The number of aromatic nitrogens is 3. The number of fused-ring (bicyclic) bond motifs is 3. The number of carbonyl (C=O) groups is 2. The molecule has 0 aliphatic carbocycles. The number of aliphatic hydroxyl groups is 2.